The Hall–Kier alpha value is -0.560. The summed E-state index contributed by atoms with van der Waals surface area (Å²) in [5, 5.41) is 0. The summed E-state index contributed by atoms with van der Waals surface area (Å²) in [7, 11) is 0. The van der Waals surface area contributed by atoms with Crippen LogP contribution >= 0.6 is 0 Å². The fraction of sp³-hybridized carbons (Fsp3) is 0.800. The lowest BCUT2D eigenvalue weighted by Gasteiger charge is -2.23. The number of hydrogen-bond donors (Lipinski definition) is 0. The van der Waals surface area contributed by atoms with Crippen molar-refractivity contribution in [3.05, 3.63) is 24.3 Å². The van der Waals surface area contributed by atoms with Crippen LogP contribution < -0.4 is 0 Å². The molecule has 0 aromatic rings. The molecule has 0 unspecified atom stereocenters. The molecule has 2 fully saturated rings. The van der Waals surface area contributed by atoms with Crippen LogP contribution in [0.5, 0.6) is 0 Å². The summed E-state index contributed by atoms with van der Waals surface area (Å²) in [5.41, 5.74) is 0. The van der Waals surface area contributed by atoms with Crippen LogP contribution in [0.2, 0.25) is 0 Å². The molecule has 21 heavy (non-hydrogen) atoms. The molecule has 2 rings (SSSR count). The topological polar surface area (TPSA) is 9.23 Å². The van der Waals surface area contributed by atoms with E-state index in [2.05, 4.69) is 38.2 Å². The predicted molar refractivity (Wildman–Crippen MR) is 91.3 cm³/mol. The average molecular weight is 290 g/mol. The van der Waals surface area contributed by atoms with E-state index in [1.165, 1.54) is 51.4 Å². The zero-order chi connectivity index (χ0) is 14.9. The third kappa shape index (κ3) is 6.82. The summed E-state index contributed by atoms with van der Waals surface area (Å²) in [5.74, 6) is 3.51. The molecule has 0 radical (unpaired) electrons. The van der Waals surface area contributed by atoms with Crippen LogP contribution in [0.15, 0.2) is 24.3 Å². The summed E-state index contributed by atoms with van der Waals surface area (Å²) in [4.78, 5) is 0. The van der Waals surface area contributed by atoms with E-state index in [4.69, 9.17) is 4.74 Å². The minimum absolute atomic E-state index is 0.776. The maximum atomic E-state index is 5.68. The van der Waals surface area contributed by atoms with Crippen molar-refractivity contribution in [3.63, 3.8) is 0 Å². The van der Waals surface area contributed by atoms with Crippen LogP contribution in [0.25, 0.3) is 0 Å². The summed E-state index contributed by atoms with van der Waals surface area (Å²) < 4.78 is 5.68. The highest BCUT2D eigenvalue weighted by atomic mass is 16.5. The standard InChI is InChI=1S/C20H34O/c1-17-7-11-19(12-8-17)5-3-15-21-16-4-6-20-13-9-18(2)10-14-20/h3-6,17-20H,7-16H2,1-2H3/b5-3+,6-4+. The molecule has 0 amide bonds. The second-order valence-corrected chi connectivity index (χ2v) is 7.43. The zero-order valence-electron chi connectivity index (χ0n) is 14.1. The monoisotopic (exact) mass is 290 g/mol. The van der Waals surface area contributed by atoms with Gasteiger partial charge >= 0.3 is 0 Å². The first-order valence-electron chi connectivity index (χ1n) is 9.15. The van der Waals surface area contributed by atoms with Crippen molar-refractivity contribution in [1.29, 1.82) is 0 Å². The van der Waals surface area contributed by atoms with Crippen molar-refractivity contribution in [2.75, 3.05) is 13.2 Å². The van der Waals surface area contributed by atoms with E-state index in [0.717, 1.165) is 36.9 Å². The molecule has 0 atom stereocenters. The highest BCUT2D eigenvalue weighted by molar-refractivity contribution is 4.92. The van der Waals surface area contributed by atoms with E-state index in [1.807, 2.05) is 0 Å². The molecule has 2 saturated carbocycles. The maximum absolute atomic E-state index is 5.68. The molecule has 2 aliphatic carbocycles. The van der Waals surface area contributed by atoms with Gasteiger partial charge in [-0.1, -0.05) is 63.8 Å². The highest BCUT2D eigenvalue weighted by Crippen LogP contribution is 2.29. The zero-order valence-corrected chi connectivity index (χ0v) is 14.1. The van der Waals surface area contributed by atoms with Gasteiger partial charge in [0.2, 0.25) is 0 Å². The number of hydrogen-bond acceptors (Lipinski definition) is 1. The summed E-state index contributed by atoms with van der Waals surface area (Å²) >= 11 is 0. The fourth-order valence-corrected chi connectivity index (χ4v) is 3.66. The van der Waals surface area contributed by atoms with E-state index in [1.54, 1.807) is 0 Å². The van der Waals surface area contributed by atoms with Crippen LogP contribution in [0.3, 0.4) is 0 Å². The van der Waals surface area contributed by atoms with Gasteiger partial charge in [0.1, 0.15) is 0 Å². The lowest BCUT2D eigenvalue weighted by Crippen LogP contribution is -2.10. The molecule has 0 heterocycles. The quantitative estimate of drug-likeness (QED) is 0.446. The highest BCUT2D eigenvalue weighted by Gasteiger charge is 2.16. The summed E-state index contributed by atoms with van der Waals surface area (Å²) in [6, 6.07) is 0. The molecule has 0 N–H and O–H groups in total. The van der Waals surface area contributed by atoms with Gasteiger partial charge in [-0.05, 0) is 49.4 Å². The van der Waals surface area contributed by atoms with E-state index >= 15 is 0 Å². The molecule has 1 nitrogen and oxygen atoms in total. The van der Waals surface area contributed by atoms with Crippen molar-refractivity contribution in [2.24, 2.45) is 23.7 Å². The largest absolute Gasteiger partial charge is 0.373 e. The van der Waals surface area contributed by atoms with Gasteiger partial charge in [-0.25, -0.2) is 0 Å². The Balaban J connectivity index is 1.49. The molecule has 0 spiro atoms. The first kappa shape index (κ1) is 16.8. The molecular formula is C20H34O. The lowest BCUT2D eigenvalue weighted by molar-refractivity contribution is 0.192. The van der Waals surface area contributed by atoms with Crippen molar-refractivity contribution in [1.82, 2.24) is 0 Å². The number of rotatable bonds is 6. The summed E-state index contributed by atoms with van der Waals surface area (Å²) in [6.45, 7) is 6.31. The third-order valence-electron chi connectivity index (χ3n) is 5.37. The second-order valence-electron chi connectivity index (χ2n) is 7.43. The number of ether oxygens (including phenoxy) is 1. The van der Waals surface area contributed by atoms with Gasteiger partial charge in [0.25, 0.3) is 0 Å². The molecular weight excluding hydrogens is 256 g/mol. The normalized spacial score (nSPS) is 34.8. The van der Waals surface area contributed by atoms with Crippen molar-refractivity contribution in [2.45, 2.75) is 65.2 Å². The van der Waals surface area contributed by atoms with Crippen molar-refractivity contribution in [3.8, 4) is 0 Å². The molecule has 0 bridgehead atoms. The number of allylic oxidation sites excluding steroid dienone is 2. The third-order valence-corrected chi connectivity index (χ3v) is 5.37. The van der Waals surface area contributed by atoms with Gasteiger partial charge in [-0.3, -0.25) is 0 Å². The second kappa shape index (κ2) is 9.46. The van der Waals surface area contributed by atoms with Gasteiger partial charge in [0.05, 0.1) is 13.2 Å². The van der Waals surface area contributed by atoms with Gasteiger partial charge < -0.3 is 4.74 Å². The van der Waals surface area contributed by atoms with Crippen LogP contribution in [-0.4, -0.2) is 13.2 Å². The smallest absolute Gasteiger partial charge is 0.0651 e. The van der Waals surface area contributed by atoms with Gasteiger partial charge in [0.15, 0.2) is 0 Å². The van der Waals surface area contributed by atoms with E-state index < -0.39 is 0 Å². The Bertz CT molecular complexity index is 283. The molecule has 0 saturated heterocycles. The van der Waals surface area contributed by atoms with Crippen LogP contribution in [-0.2, 0) is 4.74 Å². The molecule has 0 aromatic carbocycles. The Morgan fingerprint density at radius 3 is 1.43 bits per heavy atom. The molecule has 2 aliphatic rings. The minimum atomic E-state index is 0.776. The predicted octanol–water partition coefficient (Wildman–Crippen LogP) is 5.77. The molecule has 1 heteroatoms. The Morgan fingerprint density at radius 2 is 1.05 bits per heavy atom. The first-order valence-corrected chi connectivity index (χ1v) is 9.15. The molecule has 0 aliphatic heterocycles. The van der Waals surface area contributed by atoms with Crippen LogP contribution in [0.1, 0.15) is 65.2 Å². The fourth-order valence-electron chi connectivity index (χ4n) is 3.66. The molecule has 120 valence electrons. The van der Waals surface area contributed by atoms with E-state index in [-0.39, 0.29) is 0 Å². The van der Waals surface area contributed by atoms with Crippen LogP contribution in [0.4, 0.5) is 0 Å². The van der Waals surface area contributed by atoms with Gasteiger partial charge in [-0.2, -0.15) is 0 Å². The summed E-state index contributed by atoms with van der Waals surface area (Å²) in [6.07, 6.45) is 20.3. The Kier molecular flexibility index (Phi) is 7.57. The minimum Gasteiger partial charge on any atom is -0.373 e. The van der Waals surface area contributed by atoms with Crippen molar-refractivity contribution >= 4 is 0 Å². The Morgan fingerprint density at radius 1 is 0.667 bits per heavy atom. The van der Waals surface area contributed by atoms with Gasteiger partial charge in [0, 0.05) is 0 Å². The average Bonchev–Trinajstić information content (AvgIpc) is 2.50. The van der Waals surface area contributed by atoms with Crippen LogP contribution in [0, 0.1) is 23.7 Å². The Labute approximate surface area is 131 Å². The first-order chi connectivity index (χ1) is 10.2. The lowest BCUT2D eigenvalue weighted by atomic mass is 9.83. The van der Waals surface area contributed by atoms with Crippen molar-refractivity contribution < 1.29 is 4.74 Å². The SMILES string of the molecule is CC1CCC(/C=C/COC/C=C/C2CCC(C)CC2)CC1. The maximum Gasteiger partial charge on any atom is 0.0651 e. The van der Waals surface area contributed by atoms with Gasteiger partial charge in [-0.15, -0.1) is 0 Å². The van der Waals surface area contributed by atoms with E-state index in [0.29, 0.717) is 0 Å². The van der Waals surface area contributed by atoms with E-state index in [9.17, 15) is 0 Å². The molecule has 0 aromatic heterocycles.